The minimum Gasteiger partial charge on any atom is -0.497 e. The fourth-order valence-corrected chi connectivity index (χ4v) is 3.94. The van der Waals surface area contributed by atoms with Gasteiger partial charge in [-0.3, -0.25) is 0 Å². The van der Waals surface area contributed by atoms with Gasteiger partial charge in [0.2, 0.25) is 5.75 Å². The van der Waals surface area contributed by atoms with Crippen LogP contribution in [0.15, 0.2) is 60.7 Å². The van der Waals surface area contributed by atoms with Gasteiger partial charge in [0.25, 0.3) is 0 Å². The van der Waals surface area contributed by atoms with Crippen LogP contribution < -0.4 is 18.9 Å². The zero-order valence-electron chi connectivity index (χ0n) is 18.9. The van der Waals surface area contributed by atoms with E-state index in [9.17, 15) is 0 Å². The Balaban J connectivity index is 1.81. The highest BCUT2D eigenvalue weighted by molar-refractivity contribution is 5.60. The van der Waals surface area contributed by atoms with E-state index in [-0.39, 0.29) is 0 Å². The van der Waals surface area contributed by atoms with Crippen molar-refractivity contribution in [2.45, 2.75) is 32.1 Å². The summed E-state index contributed by atoms with van der Waals surface area (Å²) in [4.78, 5) is 0. The minimum absolute atomic E-state index is 0.673. The molecule has 4 nitrogen and oxygen atoms in total. The van der Waals surface area contributed by atoms with Gasteiger partial charge < -0.3 is 18.9 Å². The van der Waals surface area contributed by atoms with Crippen molar-refractivity contribution in [3.63, 3.8) is 0 Å². The summed E-state index contributed by atoms with van der Waals surface area (Å²) >= 11 is 0. The quantitative estimate of drug-likeness (QED) is 0.400. The van der Waals surface area contributed by atoms with E-state index in [0.717, 1.165) is 60.5 Å². The van der Waals surface area contributed by atoms with Gasteiger partial charge in [-0.2, -0.15) is 0 Å². The molecule has 164 valence electrons. The molecule has 3 aromatic carbocycles. The van der Waals surface area contributed by atoms with Crippen LogP contribution in [0, 0.1) is 0 Å². The summed E-state index contributed by atoms with van der Waals surface area (Å²) in [6.45, 7) is 0. The third-order valence-electron chi connectivity index (χ3n) is 5.55. The first-order valence-electron chi connectivity index (χ1n) is 10.7. The summed E-state index contributed by atoms with van der Waals surface area (Å²) in [7, 11) is 6.72. The maximum absolute atomic E-state index is 5.74. The number of ether oxygens (including phenoxy) is 4. The van der Waals surface area contributed by atoms with E-state index in [0.29, 0.717) is 5.75 Å². The summed E-state index contributed by atoms with van der Waals surface area (Å²) in [6.07, 6.45) is 4.72. The van der Waals surface area contributed by atoms with Gasteiger partial charge >= 0.3 is 0 Å². The number of hydrogen-bond acceptors (Lipinski definition) is 4. The van der Waals surface area contributed by atoms with Gasteiger partial charge in [-0.15, -0.1) is 0 Å². The highest BCUT2D eigenvalue weighted by atomic mass is 16.5. The molecule has 0 amide bonds. The Hall–Kier alpha value is -3.14. The Morgan fingerprint density at radius 2 is 1.10 bits per heavy atom. The largest absolute Gasteiger partial charge is 0.497 e. The van der Waals surface area contributed by atoms with Gasteiger partial charge in [0.05, 0.1) is 28.4 Å². The van der Waals surface area contributed by atoms with Crippen molar-refractivity contribution in [2.24, 2.45) is 0 Å². The second kappa shape index (κ2) is 11.3. The average molecular weight is 421 g/mol. The molecular formula is C27H32O4. The summed E-state index contributed by atoms with van der Waals surface area (Å²) in [5.41, 5.74) is 4.89. The Labute approximate surface area is 185 Å². The standard InChI is InChI=1S/C27H32O4/c1-28-24-17-14-21(15-18-24)13-16-23-19-22(12-8-11-20-9-6-5-7-10-20)25(29-2)27(31-4)26(23)30-3/h5-7,9-10,14-15,17-19H,8,11-13,16H2,1-4H3. The van der Waals surface area contributed by atoms with Gasteiger partial charge in [0, 0.05) is 0 Å². The lowest BCUT2D eigenvalue weighted by atomic mass is 9.97. The SMILES string of the molecule is COc1ccc(CCc2cc(CCCc3ccccc3)c(OC)c(OC)c2OC)cc1. The highest BCUT2D eigenvalue weighted by Crippen LogP contribution is 2.43. The van der Waals surface area contributed by atoms with Crippen LogP contribution in [0.2, 0.25) is 0 Å². The first-order chi connectivity index (χ1) is 15.2. The second-order valence-corrected chi connectivity index (χ2v) is 7.48. The average Bonchev–Trinajstić information content (AvgIpc) is 2.83. The van der Waals surface area contributed by atoms with E-state index in [4.69, 9.17) is 18.9 Å². The molecule has 4 heteroatoms. The fraction of sp³-hybridized carbons (Fsp3) is 0.333. The first kappa shape index (κ1) is 22.5. The van der Waals surface area contributed by atoms with E-state index in [1.807, 2.05) is 12.1 Å². The number of hydrogen-bond donors (Lipinski definition) is 0. The summed E-state index contributed by atoms with van der Waals surface area (Å²) < 4.78 is 22.5. The minimum atomic E-state index is 0.673. The van der Waals surface area contributed by atoms with Crippen LogP contribution in [0.5, 0.6) is 23.0 Å². The van der Waals surface area contributed by atoms with Crippen molar-refractivity contribution in [2.75, 3.05) is 28.4 Å². The smallest absolute Gasteiger partial charge is 0.203 e. The molecule has 0 radical (unpaired) electrons. The summed E-state index contributed by atoms with van der Waals surface area (Å²) in [5.74, 6) is 3.06. The van der Waals surface area contributed by atoms with E-state index in [2.05, 4.69) is 48.5 Å². The lowest BCUT2D eigenvalue weighted by Gasteiger charge is -2.19. The molecular weight excluding hydrogens is 388 g/mol. The topological polar surface area (TPSA) is 36.9 Å². The molecule has 0 aliphatic heterocycles. The van der Waals surface area contributed by atoms with Gasteiger partial charge in [0.1, 0.15) is 5.75 Å². The van der Waals surface area contributed by atoms with Gasteiger partial charge in [-0.25, -0.2) is 0 Å². The Morgan fingerprint density at radius 3 is 1.68 bits per heavy atom. The van der Waals surface area contributed by atoms with Crippen LogP contribution >= 0.6 is 0 Å². The molecule has 0 saturated carbocycles. The van der Waals surface area contributed by atoms with Crippen LogP contribution in [-0.4, -0.2) is 28.4 Å². The van der Waals surface area contributed by atoms with Crippen molar-refractivity contribution in [3.05, 3.63) is 82.9 Å². The highest BCUT2D eigenvalue weighted by Gasteiger charge is 2.20. The van der Waals surface area contributed by atoms with Gasteiger partial charge in [-0.1, -0.05) is 42.5 Å². The summed E-state index contributed by atoms with van der Waals surface area (Å²) in [6, 6.07) is 21.0. The molecule has 0 heterocycles. The molecule has 0 spiro atoms. The molecule has 0 N–H and O–H groups in total. The molecule has 0 aliphatic rings. The second-order valence-electron chi connectivity index (χ2n) is 7.48. The van der Waals surface area contributed by atoms with Crippen LogP contribution in [0.1, 0.15) is 28.7 Å². The van der Waals surface area contributed by atoms with Crippen molar-refractivity contribution < 1.29 is 18.9 Å². The van der Waals surface area contributed by atoms with Crippen molar-refractivity contribution >= 4 is 0 Å². The number of rotatable bonds is 11. The third-order valence-corrected chi connectivity index (χ3v) is 5.55. The zero-order chi connectivity index (χ0) is 22.1. The molecule has 31 heavy (non-hydrogen) atoms. The Morgan fingerprint density at radius 1 is 0.516 bits per heavy atom. The van der Waals surface area contributed by atoms with Crippen LogP contribution in [-0.2, 0) is 25.7 Å². The number of methoxy groups -OCH3 is 4. The molecule has 0 saturated heterocycles. The van der Waals surface area contributed by atoms with Gasteiger partial charge in [-0.05, 0) is 72.6 Å². The van der Waals surface area contributed by atoms with Crippen molar-refractivity contribution in [1.82, 2.24) is 0 Å². The molecule has 3 aromatic rings. The van der Waals surface area contributed by atoms with E-state index < -0.39 is 0 Å². The Kier molecular flexibility index (Phi) is 8.22. The van der Waals surface area contributed by atoms with Crippen molar-refractivity contribution in [1.29, 1.82) is 0 Å². The lowest BCUT2D eigenvalue weighted by Crippen LogP contribution is -2.04. The molecule has 0 atom stereocenters. The molecule has 3 rings (SSSR count). The maximum atomic E-state index is 5.74. The summed E-state index contributed by atoms with van der Waals surface area (Å²) in [5, 5.41) is 0. The third kappa shape index (κ3) is 5.72. The Bertz CT molecular complexity index is 949. The number of aryl methyl sites for hydroxylation is 4. The lowest BCUT2D eigenvalue weighted by molar-refractivity contribution is 0.319. The molecule has 0 aliphatic carbocycles. The van der Waals surface area contributed by atoms with E-state index in [1.165, 1.54) is 11.1 Å². The predicted molar refractivity (Wildman–Crippen MR) is 125 cm³/mol. The van der Waals surface area contributed by atoms with Crippen LogP contribution in [0.4, 0.5) is 0 Å². The number of benzene rings is 3. The predicted octanol–water partition coefficient (Wildman–Crippen LogP) is 5.68. The molecule has 0 fully saturated rings. The van der Waals surface area contributed by atoms with Crippen molar-refractivity contribution in [3.8, 4) is 23.0 Å². The van der Waals surface area contributed by atoms with E-state index >= 15 is 0 Å². The maximum Gasteiger partial charge on any atom is 0.203 e. The molecule has 0 unspecified atom stereocenters. The van der Waals surface area contributed by atoms with Crippen LogP contribution in [0.3, 0.4) is 0 Å². The monoisotopic (exact) mass is 420 g/mol. The van der Waals surface area contributed by atoms with Crippen LogP contribution in [0.25, 0.3) is 0 Å². The van der Waals surface area contributed by atoms with E-state index in [1.54, 1.807) is 28.4 Å². The normalized spacial score (nSPS) is 10.6. The zero-order valence-corrected chi connectivity index (χ0v) is 18.9. The first-order valence-corrected chi connectivity index (χ1v) is 10.7. The molecule has 0 bridgehead atoms. The fourth-order valence-electron chi connectivity index (χ4n) is 3.94. The van der Waals surface area contributed by atoms with Gasteiger partial charge in [0.15, 0.2) is 11.5 Å². The molecule has 0 aromatic heterocycles.